The van der Waals surface area contributed by atoms with Crippen molar-refractivity contribution in [2.24, 2.45) is 7.05 Å². The highest BCUT2D eigenvalue weighted by Gasteiger charge is 2.34. The Bertz CT molecular complexity index is 1390. The van der Waals surface area contributed by atoms with E-state index in [1.165, 1.54) is 0 Å². The van der Waals surface area contributed by atoms with Gasteiger partial charge >= 0.3 is 0 Å². The number of benzene rings is 1. The highest BCUT2D eigenvalue weighted by atomic mass is 32.2. The maximum atomic E-state index is 13.5. The maximum absolute atomic E-state index is 13.5. The van der Waals surface area contributed by atoms with Gasteiger partial charge in [-0.05, 0) is 38.5 Å². The van der Waals surface area contributed by atoms with Gasteiger partial charge in [0.1, 0.15) is 17.1 Å². The average Bonchev–Trinajstić information content (AvgIpc) is 3.15. The zero-order chi connectivity index (χ0) is 25.4. The van der Waals surface area contributed by atoms with E-state index >= 15 is 0 Å². The molecule has 0 amide bonds. The van der Waals surface area contributed by atoms with E-state index in [1.807, 2.05) is 13.8 Å². The number of ether oxygens (including phenoxy) is 1. The lowest BCUT2D eigenvalue weighted by Gasteiger charge is -2.40. The molecule has 1 aromatic carbocycles. The number of quaternary nitrogens is 1. The zero-order valence-corrected chi connectivity index (χ0v) is 22.0. The molecule has 1 N–H and O–H groups in total. The van der Waals surface area contributed by atoms with Crippen LogP contribution in [0, 0.1) is 0 Å². The molecule has 0 spiro atoms. The lowest BCUT2D eigenvalue weighted by atomic mass is 10.1. The minimum atomic E-state index is -3.72. The van der Waals surface area contributed by atoms with Gasteiger partial charge in [0, 0.05) is 7.05 Å². The van der Waals surface area contributed by atoms with Gasteiger partial charge in [0.25, 0.3) is 5.56 Å². The van der Waals surface area contributed by atoms with Crippen molar-refractivity contribution in [2.45, 2.75) is 38.5 Å². The van der Waals surface area contributed by atoms with Gasteiger partial charge < -0.3 is 14.2 Å². The second-order valence-corrected chi connectivity index (χ2v) is 11.2. The summed E-state index contributed by atoms with van der Waals surface area (Å²) >= 11 is 0. The lowest BCUT2D eigenvalue weighted by molar-refractivity contribution is -0.911. The first-order valence-corrected chi connectivity index (χ1v) is 13.6. The van der Waals surface area contributed by atoms with Gasteiger partial charge in [0.05, 0.1) is 62.5 Å². The Hall–Kier alpha value is -2.76. The number of hydrogen-bond donors (Lipinski definition) is 1. The van der Waals surface area contributed by atoms with E-state index in [2.05, 4.69) is 24.1 Å². The number of nitrogens with one attached hydrogen (secondary N) is 1. The highest BCUT2D eigenvalue weighted by Crippen LogP contribution is 2.32. The van der Waals surface area contributed by atoms with Gasteiger partial charge in [-0.3, -0.25) is 9.48 Å². The fourth-order valence-electron chi connectivity index (χ4n) is 4.55. The van der Waals surface area contributed by atoms with E-state index in [9.17, 15) is 13.2 Å². The van der Waals surface area contributed by atoms with Crippen LogP contribution in [0.15, 0.2) is 27.9 Å². The molecular weight excluding hydrogens is 468 g/mol. The smallest absolute Gasteiger partial charge is 0.277 e. The van der Waals surface area contributed by atoms with E-state index in [-0.39, 0.29) is 16.3 Å². The molecule has 0 radical (unpaired) electrons. The summed E-state index contributed by atoms with van der Waals surface area (Å²) in [6, 6.07) is 4.76. The van der Waals surface area contributed by atoms with Crippen LogP contribution in [0.25, 0.3) is 22.4 Å². The molecular formula is C24H35N6O4S+. The molecule has 0 saturated carbocycles. The number of likely N-dealkylation sites (N-methyl/N-ethyl adjacent to an activating group) is 1. The predicted octanol–water partition coefficient (Wildman–Crippen LogP) is 2.15. The fourth-order valence-corrected chi connectivity index (χ4v) is 6.00. The summed E-state index contributed by atoms with van der Waals surface area (Å²) in [5.41, 5.74) is 1.76. The molecule has 3 heterocycles. The molecule has 0 atom stereocenters. The molecule has 2 aromatic heterocycles. The van der Waals surface area contributed by atoms with Crippen LogP contribution in [0.3, 0.4) is 0 Å². The van der Waals surface area contributed by atoms with Crippen molar-refractivity contribution >= 4 is 21.1 Å². The number of H-pyrrole nitrogens is 1. The SMILES string of the molecule is CCCc1nn(C)c2c(=O)[nH]c(-c3cc(S(=O)(=O)N4CC[N+](C)(CC)CC4)ccc3OCC)nc12. The molecule has 35 heavy (non-hydrogen) atoms. The lowest BCUT2D eigenvalue weighted by Crippen LogP contribution is -2.58. The highest BCUT2D eigenvalue weighted by molar-refractivity contribution is 7.89. The summed E-state index contributed by atoms with van der Waals surface area (Å²) in [5, 5.41) is 4.47. The summed E-state index contributed by atoms with van der Waals surface area (Å²) in [6.07, 6.45) is 1.55. The van der Waals surface area contributed by atoms with Gasteiger partial charge in [-0.15, -0.1) is 0 Å². The van der Waals surface area contributed by atoms with Crippen LogP contribution in [0.5, 0.6) is 5.75 Å². The third-order valence-corrected chi connectivity index (χ3v) is 8.83. The number of piperazine rings is 1. The van der Waals surface area contributed by atoms with Crippen molar-refractivity contribution in [1.29, 1.82) is 0 Å². The maximum Gasteiger partial charge on any atom is 0.277 e. The summed E-state index contributed by atoms with van der Waals surface area (Å²) in [4.78, 5) is 20.7. The van der Waals surface area contributed by atoms with Crippen molar-refractivity contribution in [3.05, 3.63) is 34.2 Å². The molecule has 1 aliphatic rings. The number of rotatable bonds is 8. The Morgan fingerprint density at radius 2 is 1.89 bits per heavy atom. The molecule has 0 aliphatic carbocycles. The fraction of sp³-hybridized carbons (Fsp3) is 0.542. The molecule has 190 valence electrons. The predicted molar refractivity (Wildman–Crippen MR) is 135 cm³/mol. The standard InChI is InChI=1S/C24H34N6O4S/c1-6-9-19-21-22(28(4)27-19)24(31)26-23(25-21)18-16-17(10-11-20(18)34-8-3)35(32,33)29-12-14-30(5,7-2)15-13-29/h10-11,16H,6-9,12-15H2,1-5H3/p+1. The first kappa shape index (κ1) is 25.3. The normalized spacial score (nSPS) is 16.6. The molecule has 11 heteroatoms. The number of nitrogens with zero attached hydrogens (tertiary/aromatic N) is 5. The first-order chi connectivity index (χ1) is 16.6. The van der Waals surface area contributed by atoms with Crippen molar-refractivity contribution < 1.29 is 17.6 Å². The quantitative estimate of drug-likeness (QED) is 0.472. The summed E-state index contributed by atoms with van der Waals surface area (Å²) < 4.78 is 36.8. The number of hydrogen-bond acceptors (Lipinski definition) is 6. The number of aromatic amines is 1. The molecule has 1 saturated heterocycles. The Labute approximate surface area is 206 Å². The van der Waals surface area contributed by atoms with Gasteiger partial charge in [-0.25, -0.2) is 13.4 Å². The third-order valence-electron chi connectivity index (χ3n) is 6.94. The van der Waals surface area contributed by atoms with Crippen molar-refractivity contribution in [1.82, 2.24) is 24.1 Å². The second kappa shape index (κ2) is 9.71. The van der Waals surface area contributed by atoms with Gasteiger partial charge in [0.2, 0.25) is 10.0 Å². The topological polar surface area (TPSA) is 110 Å². The van der Waals surface area contributed by atoms with Crippen LogP contribution < -0.4 is 10.3 Å². The van der Waals surface area contributed by atoms with Gasteiger partial charge in [-0.1, -0.05) is 13.3 Å². The molecule has 0 unspecified atom stereocenters. The summed E-state index contributed by atoms with van der Waals surface area (Å²) in [5.74, 6) is 0.728. The average molecular weight is 504 g/mol. The Kier molecular flexibility index (Phi) is 7.03. The van der Waals surface area contributed by atoms with Gasteiger partial charge in [-0.2, -0.15) is 9.40 Å². The molecule has 1 fully saturated rings. The minimum Gasteiger partial charge on any atom is -0.493 e. The molecule has 4 rings (SSSR count). The largest absolute Gasteiger partial charge is 0.493 e. The number of sulfonamides is 1. The van der Waals surface area contributed by atoms with Crippen LogP contribution in [0.1, 0.15) is 32.9 Å². The number of fused-ring (bicyclic) bond motifs is 1. The molecule has 10 nitrogen and oxygen atoms in total. The third kappa shape index (κ3) is 4.72. The molecule has 1 aliphatic heterocycles. The number of aromatic nitrogens is 4. The molecule has 3 aromatic rings. The monoisotopic (exact) mass is 503 g/mol. The van der Waals surface area contributed by atoms with Crippen LogP contribution in [0.2, 0.25) is 0 Å². The van der Waals surface area contributed by atoms with Gasteiger partial charge in [0.15, 0.2) is 5.52 Å². The van der Waals surface area contributed by atoms with E-state index < -0.39 is 10.0 Å². The Morgan fingerprint density at radius 3 is 2.51 bits per heavy atom. The van der Waals surface area contributed by atoms with Crippen molar-refractivity contribution in [2.75, 3.05) is 46.4 Å². The summed E-state index contributed by atoms with van der Waals surface area (Å²) in [6.45, 7) is 9.85. The Balaban J connectivity index is 1.80. The van der Waals surface area contributed by atoms with E-state index in [0.29, 0.717) is 48.5 Å². The molecule has 0 bridgehead atoms. The van der Waals surface area contributed by atoms with E-state index in [4.69, 9.17) is 9.72 Å². The van der Waals surface area contributed by atoms with Crippen LogP contribution in [-0.4, -0.2) is 83.3 Å². The Morgan fingerprint density at radius 1 is 1.17 bits per heavy atom. The van der Waals surface area contributed by atoms with E-state index in [0.717, 1.165) is 36.2 Å². The van der Waals surface area contributed by atoms with E-state index in [1.54, 1.807) is 34.2 Å². The first-order valence-electron chi connectivity index (χ1n) is 12.2. The second-order valence-electron chi connectivity index (χ2n) is 9.31. The zero-order valence-electron chi connectivity index (χ0n) is 21.2. The van der Waals surface area contributed by atoms with Crippen molar-refractivity contribution in [3.63, 3.8) is 0 Å². The summed E-state index contributed by atoms with van der Waals surface area (Å²) in [7, 11) is 0.159. The number of aryl methyl sites for hydroxylation is 2. The van der Waals surface area contributed by atoms with Crippen LogP contribution in [0.4, 0.5) is 0 Å². The van der Waals surface area contributed by atoms with Crippen molar-refractivity contribution in [3.8, 4) is 17.1 Å². The van der Waals surface area contributed by atoms with Crippen LogP contribution in [-0.2, 0) is 23.5 Å². The minimum absolute atomic E-state index is 0.159. The van der Waals surface area contributed by atoms with Crippen LogP contribution >= 0.6 is 0 Å².